The van der Waals surface area contributed by atoms with E-state index in [4.69, 9.17) is 4.12 Å². The van der Waals surface area contributed by atoms with Crippen molar-refractivity contribution >= 4 is 22.7 Å². The Hall–Kier alpha value is -0.716. The van der Waals surface area contributed by atoms with Crippen LogP contribution in [0.25, 0.3) is 6.08 Å². The molecule has 0 aliphatic carbocycles. The summed E-state index contributed by atoms with van der Waals surface area (Å²) in [6.07, 6.45) is 5.07. The fraction of sp³-hybridized carbons (Fsp3) is 0.500. The van der Waals surface area contributed by atoms with Crippen LogP contribution in [0.3, 0.4) is 0 Å². The smallest absolute Gasteiger partial charge is 0.248 e. The maximum atomic E-state index is 6.39. The van der Waals surface area contributed by atoms with Crippen LogP contribution in [-0.4, -0.2) is 16.6 Å². The molecule has 1 aromatic heterocycles. The van der Waals surface area contributed by atoms with Crippen molar-refractivity contribution in [2.24, 2.45) is 0 Å². The number of aromatic nitrogens is 1. The summed E-state index contributed by atoms with van der Waals surface area (Å²) in [5.41, 5.74) is 2.44. The quantitative estimate of drug-likeness (QED) is 0.594. The minimum absolute atomic E-state index is 1.00. The number of hydrogen-bond donors (Lipinski definition) is 0. The van der Waals surface area contributed by atoms with Crippen molar-refractivity contribution in [1.29, 1.82) is 0 Å². The zero-order chi connectivity index (χ0) is 14.0. The van der Waals surface area contributed by atoms with Gasteiger partial charge in [-0.3, -0.25) is 0 Å². The van der Waals surface area contributed by atoms with Crippen LogP contribution in [0.15, 0.2) is 24.9 Å². The van der Waals surface area contributed by atoms with Gasteiger partial charge in [0.25, 0.3) is 0 Å². The second-order valence-corrected chi connectivity index (χ2v) is 15.3. The second kappa shape index (κ2) is 5.51. The van der Waals surface area contributed by atoms with Crippen LogP contribution >= 0.6 is 0 Å². The summed E-state index contributed by atoms with van der Waals surface area (Å²) in [6, 6.07) is 4.25. The first kappa shape index (κ1) is 15.3. The van der Waals surface area contributed by atoms with E-state index < -0.39 is 16.6 Å². The fourth-order valence-electron chi connectivity index (χ4n) is 2.20. The van der Waals surface area contributed by atoms with Gasteiger partial charge in [0.05, 0.1) is 0 Å². The van der Waals surface area contributed by atoms with E-state index in [0.29, 0.717) is 0 Å². The molecule has 1 aromatic rings. The van der Waals surface area contributed by atoms with Gasteiger partial charge in [-0.2, -0.15) is 0 Å². The van der Waals surface area contributed by atoms with Crippen molar-refractivity contribution in [3.8, 4) is 0 Å². The van der Waals surface area contributed by atoms with Crippen LogP contribution in [0.1, 0.15) is 11.3 Å². The summed E-state index contributed by atoms with van der Waals surface area (Å²) in [7, 11) is -3.11. The average Bonchev–Trinajstić information content (AvgIpc) is 2.17. The van der Waals surface area contributed by atoms with Gasteiger partial charge in [-0.15, -0.1) is 0 Å². The van der Waals surface area contributed by atoms with E-state index in [1.807, 2.05) is 6.08 Å². The number of nitrogens with zero attached hydrogens (tertiary/aromatic N) is 1. The van der Waals surface area contributed by atoms with Crippen molar-refractivity contribution in [3.05, 3.63) is 36.2 Å². The number of aryl methyl sites for hydroxylation is 1. The fourth-order valence-corrected chi connectivity index (χ4v) is 10.3. The lowest BCUT2D eigenvalue weighted by Crippen LogP contribution is -2.54. The standard InChI is InChI=1S/C14H26NOSi2/c1-8-14-10-9-13(2)15(11-14)12-18(6,7)16-17(3,4)5/h8-11H,1,12H2,2-7H3/q+1. The molecular weight excluding hydrogens is 254 g/mol. The zero-order valence-corrected chi connectivity index (χ0v) is 14.6. The van der Waals surface area contributed by atoms with Crippen molar-refractivity contribution < 1.29 is 8.68 Å². The first-order chi connectivity index (χ1) is 8.13. The number of hydrogen-bond acceptors (Lipinski definition) is 1. The Labute approximate surface area is 114 Å². The number of rotatable bonds is 5. The van der Waals surface area contributed by atoms with E-state index in [-0.39, 0.29) is 0 Å². The Bertz CT molecular complexity index is 436. The molecule has 0 unspecified atom stereocenters. The highest BCUT2D eigenvalue weighted by Crippen LogP contribution is 2.14. The van der Waals surface area contributed by atoms with E-state index >= 15 is 0 Å². The molecule has 0 saturated carbocycles. The van der Waals surface area contributed by atoms with Gasteiger partial charge in [0.15, 0.2) is 26.4 Å². The molecule has 0 N–H and O–H groups in total. The van der Waals surface area contributed by atoms with Gasteiger partial charge < -0.3 is 4.12 Å². The first-order valence-electron chi connectivity index (χ1n) is 6.46. The second-order valence-electron chi connectivity index (χ2n) is 6.41. The summed E-state index contributed by atoms with van der Waals surface area (Å²) < 4.78 is 8.70. The van der Waals surface area contributed by atoms with E-state index in [2.05, 4.69) is 69.1 Å². The lowest BCUT2D eigenvalue weighted by molar-refractivity contribution is -0.688. The summed E-state index contributed by atoms with van der Waals surface area (Å²) in [6.45, 7) is 17.4. The number of pyridine rings is 1. The minimum Gasteiger partial charge on any atom is -0.452 e. The highest BCUT2D eigenvalue weighted by atomic mass is 28.4. The molecule has 0 aliphatic rings. The summed E-state index contributed by atoms with van der Waals surface area (Å²) in [5, 5.41) is 0. The molecule has 0 spiro atoms. The predicted molar refractivity (Wildman–Crippen MR) is 83.4 cm³/mol. The van der Waals surface area contributed by atoms with Gasteiger partial charge in [0.2, 0.25) is 8.32 Å². The van der Waals surface area contributed by atoms with Gasteiger partial charge in [-0.05, 0) is 38.8 Å². The largest absolute Gasteiger partial charge is 0.452 e. The first-order valence-corrected chi connectivity index (χ1v) is 13.0. The van der Waals surface area contributed by atoms with E-state index in [9.17, 15) is 0 Å². The van der Waals surface area contributed by atoms with Crippen molar-refractivity contribution in [2.75, 3.05) is 0 Å². The van der Waals surface area contributed by atoms with Crippen LogP contribution in [0.2, 0.25) is 32.7 Å². The van der Waals surface area contributed by atoms with E-state index in [1.54, 1.807) is 0 Å². The maximum absolute atomic E-state index is 6.39. The molecule has 0 aromatic carbocycles. The lowest BCUT2D eigenvalue weighted by Gasteiger charge is -2.29. The maximum Gasteiger partial charge on any atom is 0.248 e. The van der Waals surface area contributed by atoms with Gasteiger partial charge in [-0.25, -0.2) is 4.57 Å². The van der Waals surface area contributed by atoms with Gasteiger partial charge >= 0.3 is 0 Å². The van der Waals surface area contributed by atoms with E-state index in [0.717, 1.165) is 6.17 Å². The molecule has 100 valence electrons. The van der Waals surface area contributed by atoms with Crippen LogP contribution in [0, 0.1) is 6.92 Å². The molecule has 0 amide bonds. The Morgan fingerprint density at radius 2 is 1.83 bits per heavy atom. The van der Waals surface area contributed by atoms with E-state index in [1.165, 1.54) is 11.3 Å². The van der Waals surface area contributed by atoms with Crippen LogP contribution < -0.4 is 4.57 Å². The highest BCUT2D eigenvalue weighted by molar-refractivity contribution is 6.83. The molecule has 0 aliphatic heterocycles. The summed E-state index contributed by atoms with van der Waals surface area (Å²) >= 11 is 0. The topological polar surface area (TPSA) is 13.1 Å². The third kappa shape index (κ3) is 4.88. The SMILES string of the molecule is C=Cc1ccc(C)[n+](C[Si](C)(C)O[Si](C)(C)C)c1. The van der Waals surface area contributed by atoms with Crippen molar-refractivity contribution in [2.45, 2.75) is 45.8 Å². The van der Waals surface area contributed by atoms with Crippen molar-refractivity contribution in [1.82, 2.24) is 0 Å². The Kier molecular flexibility index (Phi) is 4.69. The molecule has 1 heterocycles. The molecule has 0 atom stereocenters. The Balaban J connectivity index is 2.92. The molecule has 2 nitrogen and oxygen atoms in total. The van der Waals surface area contributed by atoms with Gasteiger partial charge in [-0.1, -0.05) is 12.7 Å². The predicted octanol–water partition coefficient (Wildman–Crippen LogP) is 3.52. The third-order valence-corrected chi connectivity index (χ3v) is 8.41. The molecule has 0 bridgehead atoms. The normalized spacial score (nSPS) is 12.6. The molecule has 0 fully saturated rings. The average molecular weight is 281 g/mol. The molecule has 1 rings (SSSR count). The van der Waals surface area contributed by atoms with Gasteiger partial charge in [0.1, 0.15) is 0 Å². The zero-order valence-electron chi connectivity index (χ0n) is 12.6. The van der Waals surface area contributed by atoms with Crippen LogP contribution in [-0.2, 0) is 10.3 Å². The van der Waals surface area contributed by atoms with Gasteiger partial charge in [0, 0.05) is 18.6 Å². The minimum atomic E-state index is -1.66. The molecule has 0 radical (unpaired) electrons. The molecule has 0 saturated heterocycles. The van der Waals surface area contributed by atoms with Crippen LogP contribution in [0.5, 0.6) is 0 Å². The Morgan fingerprint density at radius 1 is 1.22 bits per heavy atom. The lowest BCUT2D eigenvalue weighted by atomic mass is 10.2. The third-order valence-electron chi connectivity index (χ3n) is 2.64. The van der Waals surface area contributed by atoms with Crippen LogP contribution in [0.4, 0.5) is 0 Å². The van der Waals surface area contributed by atoms with Crippen molar-refractivity contribution in [3.63, 3.8) is 0 Å². The Morgan fingerprint density at radius 3 is 2.33 bits per heavy atom. The summed E-state index contributed by atoms with van der Waals surface area (Å²) in [4.78, 5) is 0. The summed E-state index contributed by atoms with van der Waals surface area (Å²) in [5.74, 6) is 0. The monoisotopic (exact) mass is 280 g/mol. The molecule has 4 heteroatoms. The highest BCUT2D eigenvalue weighted by Gasteiger charge is 2.34. The molecular formula is C14H26NOSi2+. The molecule has 18 heavy (non-hydrogen) atoms.